The third-order valence-electron chi connectivity index (χ3n) is 8.63. The van der Waals surface area contributed by atoms with Crippen LogP contribution < -0.4 is 0 Å². The van der Waals surface area contributed by atoms with Crippen molar-refractivity contribution in [3.05, 3.63) is 47.6 Å². The van der Waals surface area contributed by atoms with Gasteiger partial charge in [-0.1, -0.05) is 76.6 Å². The Kier molecular flexibility index (Phi) is 7.31. The van der Waals surface area contributed by atoms with Crippen molar-refractivity contribution in [1.29, 1.82) is 0 Å². The maximum absolute atomic E-state index is 10.0. The van der Waals surface area contributed by atoms with Crippen LogP contribution in [-0.4, -0.2) is 11.2 Å². The Balaban J connectivity index is 1.75. The van der Waals surface area contributed by atoms with E-state index >= 15 is 0 Å². The van der Waals surface area contributed by atoms with Gasteiger partial charge in [0.05, 0.1) is 6.10 Å². The van der Waals surface area contributed by atoms with Crippen LogP contribution in [0.25, 0.3) is 0 Å². The van der Waals surface area contributed by atoms with Crippen molar-refractivity contribution in [1.82, 2.24) is 0 Å². The number of allylic oxidation sites excluding steroid dienone is 6. The summed E-state index contributed by atoms with van der Waals surface area (Å²) in [5, 5.41) is 10.0. The minimum atomic E-state index is -0.182. The Morgan fingerprint density at radius 1 is 1.03 bits per heavy atom. The number of fused-ring (bicyclic) bond motifs is 1. The molecule has 0 heterocycles. The fraction of sp³-hybridized carbons (Fsp3) is 0.714. The van der Waals surface area contributed by atoms with Crippen LogP contribution >= 0.6 is 0 Å². The van der Waals surface area contributed by atoms with E-state index in [1.165, 1.54) is 43.3 Å². The minimum Gasteiger partial charge on any atom is -0.393 e. The molecule has 162 valence electrons. The van der Waals surface area contributed by atoms with Gasteiger partial charge in [-0.05, 0) is 91.9 Å². The number of hydrogen-bond donors (Lipinski definition) is 1. The van der Waals surface area contributed by atoms with Crippen molar-refractivity contribution in [2.45, 2.75) is 92.1 Å². The van der Waals surface area contributed by atoms with Crippen molar-refractivity contribution < 1.29 is 5.11 Å². The predicted octanol–water partition coefficient (Wildman–Crippen LogP) is 7.64. The summed E-state index contributed by atoms with van der Waals surface area (Å²) in [4.78, 5) is 0. The molecular weight excluding hydrogens is 352 g/mol. The standard InChI is InChI=1S/C28H44O/c1-19(2)20(3)9-10-22(5)26-15-16-27-23(8-7-17-28(26,27)6)12-13-24-18-25(29)14-11-21(24)4/h9-10,12-13,19-20,22,25-27,29H,4,7-8,11,14-18H2,1-3,5-6H3/b10-9+,23-12+,24-13+. The Labute approximate surface area is 180 Å². The molecule has 6 unspecified atom stereocenters. The molecule has 6 atom stereocenters. The Hall–Kier alpha value is -1.08. The van der Waals surface area contributed by atoms with Gasteiger partial charge in [0, 0.05) is 0 Å². The Morgan fingerprint density at radius 2 is 1.79 bits per heavy atom. The SMILES string of the molecule is C=C1CCC(O)C/C1=C\C=C1/CCCC2(C)C1CCC2C(C)/C=C/C(C)C(C)C. The van der Waals surface area contributed by atoms with Crippen LogP contribution in [-0.2, 0) is 0 Å². The van der Waals surface area contributed by atoms with Gasteiger partial charge in [0.1, 0.15) is 0 Å². The zero-order valence-corrected chi connectivity index (χ0v) is 19.6. The van der Waals surface area contributed by atoms with E-state index in [0.29, 0.717) is 17.3 Å². The molecule has 0 aromatic carbocycles. The molecule has 3 fully saturated rings. The third-order valence-corrected chi connectivity index (χ3v) is 8.63. The average molecular weight is 397 g/mol. The molecule has 1 nitrogen and oxygen atoms in total. The maximum atomic E-state index is 10.0. The fourth-order valence-electron chi connectivity index (χ4n) is 6.25. The smallest absolute Gasteiger partial charge is 0.0583 e. The Morgan fingerprint density at radius 3 is 2.52 bits per heavy atom. The van der Waals surface area contributed by atoms with Gasteiger partial charge in [-0.15, -0.1) is 0 Å². The first-order valence-corrected chi connectivity index (χ1v) is 12.2. The first-order valence-electron chi connectivity index (χ1n) is 12.2. The zero-order chi connectivity index (χ0) is 21.2. The normalized spacial score (nSPS) is 38.2. The molecule has 0 aliphatic heterocycles. The van der Waals surface area contributed by atoms with E-state index in [0.717, 1.165) is 37.0 Å². The largest absolute Gasteiger partial charge is 0.393 e. The summed E-state index contributed by atoms with van der Waals surface area (Å²) in [7, 11) is 0. The highest BCUT2D eigenvalue weighted by Crippen LogP contribution is 2.59. The van der Waals surface area contributed by atoms with Crippen LogP contribution in [0, 0.1) is 35.0 Å². The molecule has 0 saturated heterocycles. The molecule has 3 aliphatic rings. The van der Waals surface area contributed by atoms with Gasteiger partial charge in [-0.3, -0.25) is 0 Å². The summed E-state index contributed by atoms with van der Waals surface area (Å²) in [5.74, 6) is 3.58. The van der Waals surface area contributed by atoms with E-state index in [4.69, 9.17) is 0 Å². The zero-order valence-electron chi connectivity index (χ0n) is 19.6. The Bertz CT molecular complexity index is 678. The summed E-state index contributed by atoms with van der Waals surface area (Å²) in [6.45, 7) is 16.3. The summed E-state index contributed by atoms with van der Waals surface area (Å²) >= 11 is 0. The molecular formula is C28H44O. The maximum Gasteiger partial charge on any atom is 0.0583 e. The van der Waals surface area contributed by atoms with Crippen LogP contribution in [0.2, 0.25) is 0 Å². The first-order chi connectivity index (χ1) is 13.7. The molecule has 29 heavy (non-hydrogen) atoms. The van der Waals surface area contributed by atoms with Crippen LogP contribution in [0.1, 0.15) is 86.0 Å². The van der Waals surface area contributed by atoms with E-state index in [9.17, 15) is 5.11 Å². The van der Waals surface area contributed by atoms with E-state index < -0.39 is 0 Å². The second kappa shape index (κ2) is 9.38. The molecule has 3 aliphatic carbocycles. The van der Waals surface area contributed by atoms with Gasteiger partial charge < -0.3 is 5.11 Å². The molecule has 0 spiro atoms. The molecule has 0 radical (unpaired) electrons. The monoisotopic (exact) mass is 396 g/mol. The lowest BCUT2D eigenvalue weighted by Gasteiger charge is -2.44. The minimum absolute atomic E-state index is 0.182. The van der Waals surface area contributed by atoms with Crippen molar-refractivity contribution in [3.8, 4) is 0 Å². The molecule has 3 saturated carbocycles. The van der Waals surface area contributed by atoms with Crippen molar-refractivity contribution in [2.24, 2.45) is 35.0 Å². The quantitative estimate of drug-likeness (QED) is 0.473. The van der Waals surface area contributed by atoms with Crippen molar-refractivity contribution in [3.63, 3.8) is 0 Å². The van der Waals surface area contributed by atoms with Crippen molar-refractivity contribution >= 4 is 0 Å². The number of hydrogen-bond acceptors (Lipinski definition) is 1. The van der Waals surface area contributed by atoms with Gasteiger partial charge in [-0.2, -0.15) is 0 Å². The highest BCUT2D eigenvalue weighted by molar-refractivity contribution is 5.36. The molecule has 0 aromatic heterocycles. The number of aliphatic hydroxyl groups is 1. The summed E-state index contributed by atoms with van der Waals surface area (Å²) in [5.41, 5.74) is 4.61. The summed E-state index contributed by atoms with van der Waals surface area (Å²) in [6.07, 6.45) is 18.8. The van der Waals surface area contributed by atoms with E-state index in [1.54, 1.807) is 5.57 Å². The van der Waals surface area contributed by atoms with Crippen LogP contribution in [0.3, 0.4) is 0 Å². The topological polar surface area (TPSA) is 20.2 Å². The van der Waals surface area contributed by atoms with Crippen LogP contribution in [0.5, 0.6) is 0 Å². The highest BCUT2D eigenvalue weighted by Gasteiger charge is 2.50. The van der Waals surface area contributed by atoms with Crippen LogP contribution in [0.4, 0.5) is 0 Å². The molecule has 3 rings (SSSR count). The number of aliphatic hydroxyl groups excluding tert-OH is 1. The molecule has 0 aromatic rings. The van der Waals surface area contributed by atoms with E-state index in [-0.39, 0.29) is 6.10 Å². The molecule has 1 N–H and O–H groups in total. The lowest BCUT2D eigenvalue weighted by molar-refractivity contribution is 0.112. The predicted molar refractivity (Wildman–Crippen MR) is 126 cm³/mol. The number of rotatable bonds is 5. The second-order valence-electron chi connectivity index (χ2n) is 10.9. The fourth-order valence-corrected chi connectivity index (χ4v) is 6.25. The molecule has 0 bridgehead atoms. The first kappa shape index (κ1) is 22.6. The van der Waals surface area contributed by atoms with Crippen LogP contribution in [0.15, 0.2) is 47.6 Å². The van der Waals surface area contributed by atoms with Gasteiger partial charge >= 0.3 is 0 Å². The van der Waals surface area contributed by atoms with Crippen molar-refractivity contribution in [2.75, 3.05) is 0 Å². The summed E-state index contributed by atoms with van der Waals surface area (Å²) in [6, 6.07) is 0. The van der Waals surface area contributed by atoms with Gasteiger partial charge in [0.2, 0.25) is 0 Å². The lowest BCUT2D eigenvalue weighted by atomic mass is 9.61. The second-order valence-corrected chi connectivity index (χ2v) is 10.9. The average Bonchev–Trinajstić information content (AvgIpc) is 3.04. The van der Waals surface area contributed by atoms with E-state index in [1.807, 2.05) is 0 Å². The summed E-state index contributed by atoms with van der Waals surface area (Å²) < 4.78 is 0. The highest BCUT2D eigenvalue weighted by atomic mass is 16.3. The molecule has 1 heteroatoms. The van der Waals surface area contributed by atoms with E-state index in [2.05, 4.69) is 65.5 Å². The van der Waals surface area contributed by atoms with Gasteiger partial charge in [0.15, 0.2) is 0 Å². The third kappa shape index (κ3) is 4.98. The lowest BCUT2D eigenvalue weighted by Crippen LogP contribution is -2.35. The van der Waals surface area contributed by atoms with Gasteiger partial charge in [-0.25, -0.2) is 0 Å². The van der Waals surface area contributed by atoms with Gasteiger partial charge in [0.25, 0.3) is 0 Å². The molecule has 0 amide bonds.